The molecule has 24 heavy (non-hydrogen) atoms. The number of methoxy groups -OCH3 is 1. The molecule has 0 atom stereocenters. The first kappa shape index (κ1) is 20.6. The molecule has 138 valence electrons. The number of benzene rings is 1. The Morgan fingerprint density at radius 2 is 1.62 bits per heavy atom. The van der Waals surface area contributed by atoms with Crippen LogP contribution in [0.15, 0.2) is 23.1 Å². The van der Waals surface area contributed by atoms with Gasteiger partial charge in [-0.05, 0) is 18.2 Å². The molecule has 0 aliphatic carbocycles. The summed E-state index contributed by atoms with van der Waals surface area (Å²) in [5.41, 5.74) is 0.0639. The topological polar surface area (TPSA) is 124 Å². The summed E-state index contributed by atoms with van der Waals surface area (Å²) in [5, 5.41) is 18.0. The Kier molecular flexibility index (Phi) is 6.98. The van der Waals surface area contributed by atoms with E-state index in [1.54, 1.807) is 0 Å². The third-order valence-electron chi connectivity index (χ3n) is 3.32. The van der Waals surface area contributed by atoms with Crippen LogP contribution in [-0.2, 0) is 20.0 Å². The van der Waals surface area contributed by atoms with Gasteiger partial charge in [0.25, 0.3) is 0 Å². The van der Waals surface area contributed by atoms with Crippen molar-refractivity contribution in [3.05, 3.63) is 18.2 Å². The number of sulfonamides is 2. The molecule has 0 aliphatic rings. The summed E-state index contributed by atoms with van der Waals surface area (Å²) in [6, 6.07) is 3.80. The van der Waals surface area contributed by atoms with Crippen LogP contribution < -0.4 is 9.04 Å². The fourth-order valence-corrected chi connectivity index (χ4v) is 3.92. The predicted molar refractivity (Wildman–Crippen MR) is 89.2 cm³/mol. The average Bonchev–Trinajstić information content (AvgIpc) is 2.52. The molecule has 9 nitrogen and oxygen atoms in total. The number of hydrogen-bond donors (Lipinski definition) is 2. The summed E-state index contributed by atoms with van der Waals surface area (Å²) in [6.07, 6.45) is 0.984. The summed E-state index contributed by atoms with van der Waals surface area (Å²) < 4.78 is 55.7. The lowest BCUT2D eigenvalue weighted by atomic mass is 10.3. The van der Waals surface area contributed by atoms with Gasteiger partial charge in [-0.1, -0.05) is 0 Å². The van der Waals surface area contributed by atoms with E-state index in [1.165, 1.54) is 32.4 Å². The van der Waals surface area contributed by atoms with Gasteiger partial charge in [0.15, 0.2) is 0 Å². The van der Waals surface area contributed by atoms with E-state index >= 15 is 0 Å². The molecule has 11 heteroatoms. The van der Waals surface area contributed by atoms with Crippen LogP contribution in [0.2, 0.25) is 0 Å². The molecule has 0 aromatic heterocycles. The van der Waals surface area contributed by atoms with Gasteiger partial charge in [0, 0.05) is 20.1 Å². The molecule has 2 N–H and O–H groups in total. The minimum absolute atomic E-state index is 0.0639. The highest BCUT2D eigenvalue weighted by Gasteiger charge is 2.26. The fourth-order valence-electron chi connectivity index (χ4n) is 1.98. The van der Waals surface area contributed by atoms with E-state index in [0.717, 1.165) is 14.9 Å². The maximum Gasteiger partial charge on any atom is 0.243 e. The van der Waals surface area contributed by atoms with Gasteiger partial charge in [-0.15, -0.1) is 0 Å². The van der Waals surface area contributed by atoms with Gasteiger partial charge in [0.2, 0.25) is 20.0 Å². The second-order valence-corrected chi connectivity index (χ2v) is 8.87. The minimum Gasteiger partial charge on any atom is -0.495 e. The monoisotopic (exact) mass is 382 g/mol. The second kappa shape index (κ2) is 8.12. The Hall–Kier alpha value is -1.40. The predicted octanol–water partition coefficient (Wildman–Crippen LogP) is -0.934. The maximum absolute atomic E-state index is 12.6. The van der Waals surface area contributed by atoms with E-state index in [2.05, 4.69) is 0 Å². The van der Waals surface area contributed by atoms with E-state index in [-0.39, 0.29) is 29.4 Å². The SMILES string of the molecule is COc1ccc(S(=O)(=O)N(CCO)CCO)cc1N(C)S(C)(=O)=O. The van der Waals surface area contributed by atoms with Crippen molar-refractivity contribution in [3.8, 4) is 5.75 Å². The van der Waals surface area contributed by atoms with Gasteiger partial charge in [0.1, 0.15) is 5.75 Å². The van der Waals surface area contributed by atoms with Crippen molar-refractivity contribution in [3.63, 3.8) is 0 Å². The third-order valence-corrected chi connectivity index (χ3v) is 6.41. The van der Waals surface area contributed by atoms with Crippen LogP contribution in [0.4, 0.5) is 5.69 Å². The Morgan fingerprint density at radius 3 is 2.04 bits per heavy atom. The van der Waals surface area contributed by atoms with Gasteiger partial charge in [-0.25, -0.2) is 16.8 Å². The zero-order valence-electron chi connectivity index (χ0n) is 13.7. The summed E-state index contributed by atoms with van der Waals surface area (Å²) in [5.74, 6) is 0.192. The van der Waals surface area contributed by atoms with Gasteiger partial charge >= 0.3 is 0 Å². The van der Waals surface area contributed by atoms with E-state index < -0.39 is 33.3 Å². The molecule has 0 heterocycles. The molecule has 0 unspecified atom stereocenters. The first-order valence-electron chi connectivity index (χ1n) is 6.93. The van der Waals surface area contributed by atoms with Crippen LogP contribution in [0.5, 0.6) is 5.75 Å². The molecule has 0 radical (unpaired) electrons. The van der Waals surface area contributed by atoms with Crippen LogP contribution in [0.25, 0.3) is 0 Å². The number of nitrogens with zero attached hydrogens (tertiary/aromatic N) is 2. The van der Waals surface area contributed by atoms with Gasteiger partial charge in [0.05, 0.1) is 37.2 Å². The van der Waals surface area contributed by atoms with E-state index in [1.807, 2.05) is 0 Å². The van der Waals surface area contributed by atoms with Crippen molar-refractivity contribution in [1.82, 2.24) is 4.31 Å². The third kappa shape index (κ3) is 4.57. The Morgan fingerprint density at radius 1 is 1.08 bits per heavy atom. The summed E-state index contributed by atoms with van der Waals surface area (Å²) >= 11 is 0. The van der Waals surface area contributed by atoms with Crippen LogP contribution >= 0.6 is 0 Å². The Bertz CT molecular complexity index is 757. The van der Waals surface area contributed by atoms with Gasteiger partial charge in [-0.3, -0.25) is 4.31 Å². The lowest BCUT2D eigenvalue weighted by molar-refractivity contribution is 0.217. The van der Waals surface area contributed by atoms with E-state index in [4.69, 9.17) is 14.9 Å². The van der Waals surface area contributed by atoms with E-state index in [9.17, 15) is 16.8 Å². The van der Waals surface area contributed by atoms with Crippen molar-refractivity contribution < 1.29 is 31.8 Å². The molecule has 0 bridgehead atoms. The molecule has 1 rings (SSSR count). The number of hydrogen-bond acceptors (Lipinski definition) is 7. The van der Waals surface area contributed by atoms with Gasteiger partial charge in [-0.2, -0.15) is 4.31 Å². The number of ether oxygens (including phenoxy) is 1. The molecule has 0 aliphatic heterocycles. The summed E-state index contributed by atoms with van der Waals surface area (Å²) in [6.45, 7) is -1.20. The van der Waals surface area contributed by atoms with Crippen LogP contribution in [0, 0.1) is 0 Å². The number of aliphatic hydroxyl groups excluding tert-OH is 2. The first-order valence-corrected chi connectivity index (χ1v) is 10.2. The molecule has 0 saturated carbocycles. The number of aliphatic hydroxyl groups is 2. The molecule has 0 fully saturated rings. The molecular formula is C13H22N2O7S2. The zero-order valence-corrected chi connectivity index (χ0v) is 15.3. The van der Waals surface area contributed by atoms with Crippen LogP contribution in [0.3, 0.4) is 0 Å². The highest BCUT2D eigenvalue weighted by atomic mass is 32.2. The Balaban J connectivity index is 3.45. The normalized spacial score (nSPS) is 12.4. The lowest BCUT2D eigenvalue weighted by Crippen LogP contribution is -2.36. The molecule has 0 amide bonds. The summed E-state index contributed by atoms with van der Waals surface area (Å²) in [7, 11) is -5.02. The molecule has 1 aromatic carbocycles. The van der Waals surface area contributed by atoms with Crippen LogP contribution in [-0.4, -0.2) is 78.1 Å². The first-order chi connectivity index (χ1) is 11.1. The highest BCUT2D eigenvalue weighted by Crippen LogP contribution is 2.32. The standard InChI is InChI=1S/C13H22N2O7S2/c1-14(23(3,18)19)12-10-11(4-5-13(12)22-2)24(20,21)15(6-8-16)7-9-17/h4-5,10,16-17H,6-9H2,1-3H3. The summed E-state index contributed by atoms with van der Waals surface area (Å²) in [4.78, 5) is -0.171. The largest absolute Gasteiger partial charge is 0.495 e. The maximum atomic E-state index is 12.6. The smallest absolute Gasteiger partial charge is 0.243 e. The Labute approximate surface area is 142 Å². The van der Waals surface area contributed by atoms with E-state index in [0.29, 0.717) is 0 Å². The van der Waals surface area contributed by atoms with Crippen molar-refractivity contribution in [2.75, 3.05) is 51.0 Å². The number of anilines is 1. The minimum atomic E-state index is -4.02. The van der Waals surface area contributed by atoms with Crippen molar-refractivity contribution in [2.24, 2.45) is 0 Å². The van der Waals surface area contributed by atoms with Crippen molar-refractivity contribution in [2.45, 2.75) is 4.90 Å². The lowest BCUT2D eigenvalue weighted by Gasteiger charge is -2.23. The quantitative estimate of drug-likeness (QED) is 0.565. The average molecular weight is 382 g/mol. The van der Waals surface area contributed by atoms with Gasteiger partial charge < -0.3 is 14.9 Å². The number of rotatable bonds is 9. The van der Waals surface area contributed by atoms with Crippen LogP contribution in [0.1, 0.15) is 0 Å². The molecule has 0 saturated heterocycles. The zero-order chi connectivity index (χ0) is 18.5. The molecule has 1 aromatic rings. The van der Waals surface area contributed by atoms with Crippen molar-refractivity contribution in [1.29, 1.82) is 0 Å². The highest BCUT2D eigenvalue weighted by molar-refractivity contribution is 7.92. The van der Waals surface area contributed by atoms with Crippen molar-refractivity contribution >= 4 is 25.7 Å². The molecular weight excluding hydrogens is 360 g/mol. The second-order valence-electron chi connectivity index (χ2n) is 4.92. The molecule has 0 spiro atoms. The fraction of sp³-hybridized carbons (Fsp3) is 0.538.